The highest BCUT2D eigenvalue weighted by atomic mass is 32.2. The van der Waals surface area contributed by atoms with Gasteiger partial charge in [0.2, 0.25) is 0 Å². The molecule has 1 amide bonds. The first-order valence-electron chi connectivity index (χ1n) is 9.49. The molecule has 8 heteroatoms. The molecule has 0 radical (unpaired) electrons. The number of hydrazone groups is 1. The summed E-state index contributed by atoms with van der Waals surface area (Å²) in [5.74, 6) is -1.41. The summed E-state index contributed by atoms with van der Waals surface area (Å²) < 4.78 is 0. The SMILES string of the molecule is O=C(O)CC1SC(N2N=C(c3cccc4ccccc34)CC2c2cccs2)=NC1=O. The number of hydrogen-bond acceptors (Lipinski definition) is 6. The van der Waals surface area contributed by atoms with Gasteiger partial charge in [0.15, 0.2) is 5.17 Å². The molecule has 2 aliphatic heterocycles. The van der Waals surface area contributed by atoms with Gasteiger partial charge in [-0.25, -0.2) is 5.01 Å². The second-order valence-electron chi connectivity index (χ2n) is 7.09. The Balaban J connectivity index is 1.54. The number of fused-ring (bicyclic) bond motifs is 1. The van der Waals surface area contributed by atoms with E-state index in [9.17, 15) is 9.59 Å². The molecule has 1 aromatic heterocycles. The van der Waals surface area contributed by atoms with Crippen LogP contribution in [0, 0.1) is 0 Å². The molecule has 2 aromatic carbocycles. The zero-order chi connectivity index (χ0) is 20.7. The zero-order valence-electron chi connectivity index (χ0n) is 15.8. The quantitative estimate of drug-likeness (QED) is 0.651. The molecule has 0 bridgehead atoms. The largest absolute Gasteiger partial charge is 0.481 e. The van der Waals surface area contributed by atoms with E-state index < -0.39 is 17.1 Å². The van der Waals surface area contributed by atoms with Crippen LogP contribution in [-0.2, 0) is 9.59 Å². The topological polar surface area (TPSA) is 82.3 Å². The summed E-state index contributed by atoms with van der Waals surface area (Å²) in [5, 5.41) is 19.8. The van der Waals surface area contributed by atoms with Crippen LogP contribution >= 0.6 is 23.1 Å². The van der Waals surface area contributed by atoms with Gasteiger partial charge in [0, 0.05) is 16.9 Å². The van der Waals surface area contributed by atoms with Crippen molar-refractivity contribution in [2.75, 3.05) is 0 Å². The van der Waals surface area contributed by atoms with Gasteiger partial charge in [-0.15, -0.1) is 11.3 Å². The van der Waals surface area contributed by atoms with Crippen molar-refractivity contribution in [3.05, 3.63) is 70.4 Å². The monoisotopic (exact) mass is 435 g/mol. The van der Waals surface area contributed by atoms with Gasteiger partial charge in [-0.1, -0.05) is 60.3 Å². The molecule has 150 valence electrons. The maximum atomic E-state index is 12.3. The number of carboxylic acids is 1. The van der Waals surface area contributed by atoms with Crippen LogP contribution in [0.25, 0.3) is 10.8 Å². The first-order chi connectivity index (χ1) is 14.6. The predicted octanol–water partition coefficient (Wildman–Crippen LogP) is 4.53. The minimum Gasteiger partial charge on any atom is -0.481 e. The van der Waals surface area contributed by atoms with Crippen LogP contribution < -0.4 is 0 Å². The Kier molecular flexibility index (Phi) is 4.88. The Morgan fingerprint density at radius 2 is 1.97 bits per heavy atom. The van der Waals surface area contributed by atoms with Gasteiger partial charge in [-0.05, 0) is 22.2 Å². The highest BCUT2D eigenvalue weighted by Crippen LogP contribution is 2.40. The van der Waals surface area contributed by atoms with Crippen LogP contribution in [0.5, 0.6) is 0 Å². The third-order valence-corrected chi connectivity index (χ3v) is 7.28. The Morgan fingerprint density at radius 3 is 2.77 bits per heavy atom. The maximum Gasteiger partial charge on any atom is 0.305 e. The number of nitrogens with zero attached hydrogens (tertiary/aromatic N) is 3. The fourth-order valence-corrected chi connectivity index (χ4v) is 5.66. The van der Waals surface area contributed by atoms with Crippen molar-refractivity contribution in [1.29, 1.82) is 0 Å². The summed E-state index contributed by atoms with van der Waals surface area (Å²) in [4.78, 5) is 28.6. The van der Waals surface area contributed by atoms with Gasteiger partial charge < -0.3 is 5.11 Å². The number of hydrogen-bond donors (Lipinski definition) is 1. The molecule has 0 saturated heterocycles. The number of benzene rings is 2. The van der Waals surface area contributed by atoms with E-state index >= 15 is 0 Å². The average Bonchev–Trinajstić information content (AvgIpc) is 3.47. The van der Waals surface area contributed by atoms with Crippen LogP contribution in [-0.4, -0.2) is 38.1 Å². The normalized spacial score (nSPS) is 21.2. The number of thioether (sulfide) groups is 1. The van der Waals surface area contributed by atoms with Crippen molar-refractivity contribution in [2.24, 2.45) is 10.1 Å². The van der Waals surface area contributed by atoms with Crippen molar-refractivity contribution in [2.45, 2.75) is 24.1 Å². The molecule has 2 aliphatic rings. The molecule has 3 aromatic rings. The first-order valence-corrected chi connectivity index (χ1v) is 11.3. The number of carboxylic acid groups (broad SMARTS) is 1. The molecule has 30 heavy (non-hydrogen) atoms. The molecule has 0 aliphatic carbocycles. The van der Waals surface area contributed by atoms with E-state index in [0.29, 0.717) is 11.6 Å². The van der Waals surface area contributed by atoms with Crippen molar-refractivity contribution >= 4 is 56.6 Å². The number of carbonyl (C=O) groups is 2. The molecule has 5 rings (SSSR count). The molecule has 2 unspecified atom stereocenters. The fourth-order valence-electron chi connectivity index (χ4n) is 3.79. The molecule has 0 spiro atoms. The molecule has 0 saturated carbocycles. The molecule has 2 atom stereocenters. The third kappa shape index (κ3) is 3.42. The number of amidine groups is 1. The Hall–Kier alpha value is -2.97. The molecule has 0 fully saturated rings. The third-order valence-electron chi connectivity index (χ3n) is 5.17. The van der Waals surface area contributed by atoms with Crippen molar-refractivity contribution in [1.82, 2.24) is 5.01 Å². The van der Waals surface area contributed by atoms with E-state index in [1.807, 2.05) is 29.6 Å². The standard InChI is InChI=1S/C22H17N3O3S2/c26-20(27)12-19-21(28)23-22(30-19)25-17(18-9-4-10-29-18)11-16(24-25)15-8-3-6-13-5-1-2-7-14(13)15/h1-10,17,19H,11-12H2,(H,26,27). The second-order valence-corrected chi connectivity index (χ2v) is 9.24. The summed E-state index contributed by atoms with van der Waals surface area (Å²) in [5.41, 5.74) is 2.00. The van der Waals surface area contributed by atoms with Gasteiger partial charge in [0.1, 0.15) is 5.25 Å². The van der Waals surface area contributed by atoms with E-state index in [2.05, 4.69) is 35.3 Å². The van der Waals surface area contributed by atoms with E-state index in [1.54, 1.807) is 16.3 Å². The fraction of sp³-hybridized carbons (Fsp3) is 0.182. The van der Waals surface area contributed by atoms with E-state index in [0.717, 1.165) is 26.9 Å². The first kappa shape index (κ1) is 19.0. The minimum atomic E-state index is -1.01. The summed E-state index contributed by atoms with van der Waals surface area (Å²) in [6.07, 6.45) is 0.444. The number of aliphatic carboxylic acids is 1. The van der Waals surface area contributed by atoms with E-state index in [-0.39, 0.29) is 12.5 Å². The second kappa shape index (κ2) is 7.70. The molecule has 1 N–H and O–H groups in total. The Labute approximate surface area is 180 Å². The lowest BCUT2D eigenvalue weighted by molar-refractivity contribution is -0.138. The Bertz CT molecular complexity index is 1200. The van der Waals surface area contributed by atoms with Crippen LogP contribution in [0.4, 0.5) is 0 Å². The maximum absolute atomic E-state index is 12.3. The zero-order valence-corrected chi connectivity index (χ0v) is 17.4. The average molecular weight is 436 g/mol. The van der Waals surface area contributed by atoms with Crippen molar-refractivity contribution in [3.63, 3.8) is 0 Å². The molecule has 6 nitrogen and oxygen atoms in total. The number of aliphatic imine (C=N–C) groups is 1. The van der Waals surface area contributed by atoms with Crippen LogP contribution in [0.15, 0.2) is 70.1 Å². The van der Waals surface area contributed by atoms with Crippen molar-refractivity contribution in [3.8, 4) is 0 Å². The summed E-state index contributed by atoms with van der Waals surface area (Å²) in [6.45, 7) is 0. The number of carbonyl (C=O) groups excluding carboxylic acids is 1. The predicted molar refractivity (Wildman–Crippen MR) is 120 cm³/mol. The molecular weight excluding hydrogens is 418 g/mol. The lowest BCUT2D eigenvalue weighted by atomic mass is 9.97. The highest BCUT2D eigenvalue weighted by molar-refractivity contribution is 8.15. The van der Waals surface area contributed by atoms with Gasteiger partial charge in [-0.3, -0.25) is 9.59 Å². The van der Waals surface area contributed by atoms with E-state index in [1.165, 1.54) is 11.8 Å². The lowest BCUT2D eigenvalue weighted by Crippen LogP contribution is -2.23. The smallest absolute Gasteiger partial charge is 0.305 e. The van der Waals surface area contributed by atoms with Crippen LogP contribution in [0.1, 0.15) is 29.3 Å². The lowest BCUT2D eigenvalue weighted by Gasteiger charge is -2.21. The van der Waals surface area contributed by atoms with E-state index in [4.69, 9.17) is 10.2 Å². The minimum absolute atomic E-state index is 0.0680. The molecule has 3 heterocycles. The van der Waals surface area contributed by atoms with Crippen LogP contribution in [0.3, 0.4) is 0 Å². The molecular formula is C22H17N3O3S2. The van der Waals surface area contributed by atoms with Crippen LogP contribution in [0.2, 0.25) is 0 Å². The summed E-state index contributed by atoms with van der Waals surface area (Å²) in [6, 6.07) is 18.4. The number of thiophene rings is 1. The number of amides is 1. The highest BCUT2D eigenvalue weighted by Gasteiger charge is 2.39. The van der Waals surface area contributed by atoms with Gasteiger partial charge in [0.05, 0.1) is 18.2 Å². The van der Waals surface area contributed by atoms with Gasteiger partial charge in [-0.2, -0.15) is 10.1 Å². The van der Waals surface area contributed by atoms with Gasteiger partial charge in [0.25, 0.3) is 5.91 Å². The van der Waals surface area contributed by atoms with Gasteiger partial charge >= 0.3 is 5.97 Å². The van der Waals surface area contributed by atoms with Crippen molar-refractivity contribution < 1.29 is 14.7 Å². The summed E-state index contributed by atoms with van der Waals surface area (Å²) in [7, 11) is 0. The Morgan fingerprint density at radius 1 is 1.13 bits per heavy atom. The number of rotatable bonds is 4. The summed E-state index contributed by atoms with van der Waals surface area (Å²) >= 11 is 2.83.